The SMILES string of the molecule is CC(C)OC(=O)N1CCC(COc2ccc(-n3ccc4cc(CC(=O)C(C)C)ccc43)nc2)CC1. The topological polar surface area (TPSA) is 73.7 Å². The van der Waals surface area contributed by atoms with Gasteiger partial charge in [-0.2, -0.15) is 0 Å². The van der Waals surface area contributed by atoms with Gasteiger partial charge in [0.25, 0.3) is 0 Å². The molecule has 1 fully saturated rings. The zero-order valence-electron chi connectivity index (χ0n) is 21.1. The van der Waals surface area contributed by atoms with E-state index in [2.05, 4.69) is 11.1 Å². The van der Waals surface area contributed by atoms with Gasteiger partial charge in [-0.1, -0.05) is 19.9 Å². The predicted octanol–water partition coefficient (Wildman–Crippen LogP) is 5.43. The van der Waals surface area contributed by atoms with E-state index in [1.54, 1.807) is 11.1 Å². The molecule has 0 bridgehead atoms. The fourth-order valence-electron chi connectivity index (χ4n) is 4.28. The largest absolute Gasteiger partial charge is 0.492 e. The molecule has 0 atom stereocenters. The van der Waals surface area contributed by atoms with Crippen LogP contribution in [0.3, 0.4) is 0 Å². The summed E-state index contributed by atoms with van der Waals surface area (Å²) in [5.41, 5.74) is 2.09. The van der Waals surface area contributed by atoms with E-state index < -0.39 is 0 Å². The van der Waals surface area contributed by atoms with Crippen LogP contribution in [0.5, 0.6) is 5.75 Å². The van der Waals surface area contributed by atoms with Crippen LogP contribution in [0.25, 0.3) is 16.7 Å². The molecule has 3 aromatic rings. The first-order chi connectivity index (χ1) is 16.8. The number of fused-ring (bicyclic) bond motifs is 1. The molecule has 1 saturated heterocycles. The Balaban J connectivity index is 1.32. The van der Waals surface area contributed by atoms with Gasteiger partial charge in [-0.15, -0.1) is 0 Å². The summed E-state index contributed by atoms with van der Waals surface area (Å²) >= 11 is 0. The number of nitrogens with zero attached hydrogens (tertiary/aromatic N) is 3. The van der Waals surface area contributed by atoms with Crippen LogP contribution in [0.2, 0.25) is 0 Å². The standard InChI is InChI=1S/C28H35N3O4/c1-19(2)26(32)16-22-5-7-25-23(15-22)11-14-31(25)27-8-6-24(17-29-27)34-18-21-9-12-30(13-10-21)28(33)35-20(3)4/h5-8,11,14-15,17,19-21H,9-10,12-13,16,18H2,1-4H3. The first kappa shape index (κ1) is 24.8. The molecule has 0 spiro atoms. The number of aromatic nitrogens is 2. The molecule has 1 aliphatic rings. The molecule has 0 radical (unpaired) electrons. The van der Waals surface area contributed by atoms with E-state index in [0.717, 1.165) is 40.9 Å². The molecule has 186 valence electrons. The quantitative estimate of drug-likeness (QED) is 0.433. The van der Waals surface area contributed by atoms with Crippen molar-refractivity contribution in [2.24, 2.45) is 11.8 Å². The normalized spacial score (nSPS) is 14.6. The number of ketones is 1. The highest BCUT2D eigenvalue weighted by molar-refractivity contribution is 5.86. The third kappa shape index (κ3) is 6.21. The molecule has 4 rings (SSSR count). The smallest absolute Gasteiger partial charge is 0.410 e. The van der Waals surface area contributed by atoms with Gasteiger partial charge in [-0.3, -0.25) is 4.79 Å². The van der Waals surface area contributed by atoms with E-state index in [9.17, 15) is 9.59 Å². The molecule has 1 aromatic carbocycles. The monoisotopic (exact) mass is 477 g/mol. The highest BCUT2D eigenvalue weighted by Gasteiger charge is 2.24. The number of amides is 1. The maximum atomic E-state index is 12.1. The van der Waals surface area contributed by atoms with E-state index in [0.29, 0.717) is 32.0 Å². The number of benzene rings is 1. The lowest BCUT2D eigenvalue weighted by atomic mass is 9.98. The number of hydrogen-bond donors (Lipinski definition) is 0. The van der Waals surface area contributed by atoms with Gasteiger partial charge in [0.15, 0.2) is 0 Å². The summed E-state index contributed by atoms with van der Waals surface area (Å²) in [6.07, 6.45) is 5.70. The van der Waals surface area contributed by atoms with Gasteiger partial charge in [0.1, 0.15) is 17.4 Å². The van der Waals surface area contributed by atoms with Crippen LogP contribution in [0, 0.1) is 11.8 Å². The summed E-state index contributed by atoms with van der Waals surface area (Å²) in [7, 11) is 0. The summed E-state index contributed by atoms with van der Waals surface area (Å²) in [5, 5.41) is 1.09. The van der Waals surface area contributed by atoms with E-state index in [1.165, 1.54) is 0 Å². The van der Waals surface area contributed by atoms with Crippen LogP contribution in [0.4, 0.5) is 4.79 Å². The van der Waals surface area contributed by atoms with Crippen molar-refractivity contribution < 1.29 is 19.1 Å². The van der Waals surface area contributed by atoms with Crippen molar-refractivity contribution in [1.82, 2.24) is 14.5 Å². The molecule has 0 aliphatic carbocycles. The number of likely N-dealkylation sites (tertiary alicyclic amines) is 1. The van der Waals surface area contributed by atoms with Crippen LogP contribution >= 0.6 is 0 Å². The van der Waals surface area contributed by atoms with Gasteiger partial charge >= 0.3 is 6.09 Å². The molecular weight excluding hydrogens is 442 g/mol. The molecule has 7 nitrogen and oxygen atoms in total. The highest BCUT2D eigenvalue weighted by Crippen LogP contribution is 2.24. The number of rotatable bonds is 8. The summed E-state index contributed by atoms with van der Waals surface area (Å²) in [6.45, 7) is 9.61. The van der Waals surface area contributed by atoms with Crippen molar-refractivity contribution >= 4 is 22.8 Å². The van der Waals surface area contributed by atoms with Gasteiger partial charge in [-0.05, 0) is 68.5 Å². The number of ether oxygens (including phenoxy) is 2. The fraction of sp³-hybridized carbons (Fsp3) is 0.464. The Hall–Kier alpha value is -3.35. The number of piperidine rings is 1. The number of hydrogen-bond acceptors (Lipinski definition) is 5. The number of Topliss-reactive ketones (excluding diaryl/α,β-unsaturated/α-hetero) is 1. The Labute approximate surface area is 207 Å². The molecule has 7 heteroatoms. The second-order valence-electron chi connectivity index (χ2n) is 9.90. The lowest BCUT2D eigenvalue weighted by Gasteiger charge is -2.31. The molecule has 0 N–H and O–H groups in total. The van der Waals surface area contributed by atoms with E-state index >= 15 is 0 Å². The maximum absolute atomic E-state index is 12.1. The lowest BCUT2D eigenvalue weighted by Crippen LogP contribution is -2.40. The van der Waals surface area contributed by atoms with Gasteiger partial charge < -0.3 is 18.9 Å². The van der Waals surface area contributed by atoms with Crippen LogP contribution in [-0.4, -0.2) is 52.1 Å². The average Bonchev–Trinajstić information content (AvgIpc) is 3.26. The molecule has 35 heavy (non-hydrogen) atoms. The second kappa shape index (κ2) is 10.9. The van der Waals surface area contributed by atoms with E-state index in [1.807, 2.05) is 68.8 Å². The zero-order chi connectivity index (χ0) is 24.9. The van der Waals surface area contributed by atoms with Crippen molar-refractivity contribution in [3.8, 4) is 11.6 Å². The summed E-state index contributed by atoms with van der Waals surface area (Å²) in [5.74, 6) is 2.25. The van der Waals surface area contributed by atoms with Gasteiger partial charge in [-0.25, -0.2) is 9.78 Å². The number of carbonyl (C=O) groups is 2. The first-order valence-corrected chi connectivity index (χ1v) is 12.5. The molecule has 1 aliphatic heterocycles. The Morgan fingerprint density at radius 2 is 1.83 bits per heavy atom. The Morgan fingerprint density at radius 1 is 1.06 bits per heavy atom. The van der Waals surface area contributed by atoms with Crippen molar-refractivity contribution in [2.75, 3.05) is 19.7 Å². The molecular formula is C28H35N3O4. The summed E-state index contributed by atoms with van der Waals surface area (Å²) < 4.78 is 13.3. The van der Waals surface area contributed by atoms with Gasteiger partial charge in [0, 0.05) is 37.0 Å². The van der Waals surface area contributed by atoms with Gasteiger partial charge in [0.2, 0.25) is 0 Å². The average molecular weight is 478 g/mol. The summed E-state index contributed by atoms with van der Waals surface area (Å²) in [6, 6.07) is 12.1. The molecule has 0 saturated carbocycles. The number of carbonyl (C=O) groups excluding carboxylic acids is 2. The second-order valence-corrected chi connectivity index (χ2v) is 9.90. The highest BCUT2D eigenvalue weighted by atomic mass is 16.6. The minimum atomic E-state index is -0.225. The van der Waals surface area contributed by atoms with Crippen LogP contribution in [-0.2, 0) is 16.0 Å². The molecule has 2 aromatic heterocycles. The zero-order valence-corrected chi connectivity index (χ0v) is 21.1. The third-order valence-electron chi connectivity index (χ3n) is 6.44. The van der Waals surface area contributed by atoms with E-state index in [-0.39, 0.29) is 23.9 Å². The van der Waals surface area contributed by atoms with Crippen molar-refractivity contribution in [3.05, 3.63) is 54.4 Å². The molecule has 1 amide bonds. The maximum Gasteiger partial charge on any atom is 0.410 e. The number of pyridine rings is 1. The van der Waals surface area contributed by atoms with Gasteiger partial charge in [0.05, 0.1) is 24.4 Å². The van der Waals surface area contributed by atoms with Crippen molar-refractivity contribution in [1.29, 1.82) is 0 Å². The fourth-order valence-corrected chi connectivity index (χ4v) is 4.28. The molecule has 3 heterocycles. The Bertz CT molecular complexity index is 1160. The minimum absolute atomic E-state index is 0.0431. The van der Waals surface area contributed by atoms with Crippen LogP contribution in [0.1, 0.15) is 46.1 Å². The Morgan fingerprint density at radius 3 is 2.49 bits per heavy atom. The molecule has 0 unspecified atom stereocenters. The first-order valence-electron chi connectivity index (χ1n) is 12.5. The summed E-state index contributed by atoms with van der Waals surface area (Å²) in [4.78, 5) is 30.5. The van der Waals surface area contributed by atoms with Crippen LogP contribution < -0.4 is 4.74 Å². The third-order valence-corrected chi connectivity index (χ3v) is 6.44. The van der Waals surface area contributed by atoms with Crippen molar-refractivity contribution in [3.63, 3.8) is 0 Å². The van der Waals surface area contributed by atoms with E-state index in [4.69, 9.17) is 9.47 Å². The lowest BCUT2D eigenvalue weighted by molar-refractivity contribution is -0.121. The van der Waals surface area contributed by atoms with Crippen LogP contribution in [0.15, 0.2) is 48.8 Å². The Kier molecular flexibility index (Phi) is 7.73. The van der Waals surface area contributed by atoms with Crippen molar-refractivity contribution in [2.45, 2.75) is 53.1 Å². The predicted molar refractivity (Wildman–Crippen MR) is 136 cm³/mol. The minimum Gasteiger partial charge on any atom is -0.492 e.